The summed E-state index contributed by atoms with van der Waals surface area (Å²) in [5, 5.41) is 7.09. The van der Waals surface area contributed by atoms with E-state index in [1.54, 1.807) is 0 Å². The molecule has 11 aromatic carbocycles. The fourth-order valence-electron chi connectivity index (χ4n) is 12.2. The Morgan fingerprint density at radius 1 is 0.210 bits per heavy atom. The summed E-state index contributed by atoms with van der Waals surface area (Å²) in [5.74, 6) is 1.17. The molecule has 0 radical (unpaired) electrons. The Bertz CT molecular complexity index is 4700. The molecule has 0 aliphatic rings. The van der Waals surface area contributed by atoms with E-state index in [1.807, 2.05) is 24.3 Å². The molecule has 0 atom stereocenters. The number of aromatic nitrogens is 7. The van der Waals surface area contributed by atoms with Gasteiger partial charge in [0, 0.05) is 77.1 Å². The normalized spacial score (nSPS) is 11.7. The maximum absolute atomic E-state index is 5.53. The molecule has 378 valence electrons. The van der Waals surface area contributed by atoms with Crippen LogP contribution in [0.3, 0.4) is 0 Å². The van der Waals surface area contributed by atoms with E-state index in [-0.39, 0.29) is 0 Å². The third-order valence-corrected chi connectivity index (χ3v) is 15.9. The van der Waals surface area contributed by atoms with Gasteiger partial charge < -0.3 is 13.7 Å². The first-order chi connectivity index (χ1) is 40.2. The number of rotatable bonds is 9. The average molecular weight is 1030 g/mol. The topological polar surface area (TPSA) is 66.3 Å². The van der Waals surface area contributed by atoms with Crippen LogP contribution in [0.5, 0.6) is 0 Å². The lowest BCUT2D eigenvalue weighted by molar-refractivity contribution is 1.13. The highest BCUT2D eigenvalue weighted by molar-refractivity contribution is 6.14. The molecule has 0 aliphatic heterocycles. The molecule has 5 heterocycles. The lowest BCUT2D eigenvalue weighted by Gasteiger charge is -2.17. The van der Waals surface area contributed by atoms with Crippen LogP contribution in [0.15, 0.2) is 285 Å². The van der Waals surface area contributed by atoms with Crippen LogP contribution in [0.4, 0.5) is 0 Å². The van der Waals surface area contributed by atoms with Gasteiger partial charge in [-0.05, 0) is 91.0 Å². The number of hydrogen-bond acceptors (Lipinski definition) is 4. The molecule has 7 heteroatoms. The summed E-state index contributed by atoms with van der Waals surface area (Å²) in [6.45, 7) is 0. The first-order valence-corrected chi connectivity index (χ1v) is 27.4. The molecular weight excluding hydrogens is 987 g/mol. The first-order valence-electron chi connectivity index (χ1n) is 27.4. The van der Waals surface area contributed by atoms with Crippen LogP contribution in [0, 0.1) is 0 Å². The van der Waals surface area contributed by atoms with Crippen LogP contribution >= 0.6 is 0 Å². The number of benzene rings is 11. The molecule has 0 bridgehead atoms. The van der Waals surface area contributed by atoms with Gasteiger partial charge in [-0.3, -0.25) is 0 Å². The van der Waals surface area contributed by atoms with Gasteiger partial charge in [-0.2, -0.15) is 0 Å². The van der Waals surface area contributed by atoms with Crippen LogP contribution in [0.25, 0.3) is 150 Å². The van der Waals surface area contributed by atoms with Crippen molar-refractivity contribution in [2.75, 3.05) is 0 Å². The van der Waals surface area contributed by atoms with Crippen molar-refractivity contribution in [2.45, 2.75) is 0 Å². The van der Waals surface area contributed by atoms with Crippen molar-refractivity contribution in [3.63, 3.8) is 0 Å². The second-order valence-electron chi connectivity index (χ2n) is 20.6. The highest BCUT2D eigenvalue weighted by Crippen LogP contribution is 2.43. The molecule has 0 spiro atoms. The quantitative estimate of drug-likeness (QED) is 0.144. The Morgan fingerprint density at radius 2 is 0.531 bits per heavy atom. The van der Waals surface area contributed by atoms with E-state index in [4.69, 9.17) is 19.9 Å². The van der Waals surface area contributed by atoms with Gasteiger partial charge in [0.15, 0.2) is 11.6 Å². The molecule has 0 saturated heterocycles. The van der Waals surface area contributed by atoms with Crippen LogP contribution in [0.2, 0.25) is 0 Å². The van der Waals surface area contributed by atoms with Crippen LogP contribution in [-0.2, 0) is 0 Å². The van der Waals surface area contributed by atoms with Gasteiger partial charge >= 0.3 is 0 Å². The molecule has 0 saturated carbocycles. The molecule has 0 unspecified atom stereocenters. The summed E-state index contributed by atoms with van der Waals surface area (Å²) in [5.41, 5.74) is 18.7. The van der Waals surface area contributed by atoms with Gasteiger partial charge in [0.05, 0.1) is 61.6 Å². The van der Waals surface area contributed by atoms with Crippen molar-refractivity contribution in [3.05, 3.63) is 285 Å². The summed E-state index contributed by atoms with van der Waals surface area (Å²) in [6.07, 6.45) is 0. The molecule has 16 aromatic rings. The summed E-state index contributed by atoms with van der Waals surface area (Å²) in [4.78, 5) is 21.8. The average Bonchev–Trinajstić information content (AvgIpc) is 4.01. The van der Waals surface area contributed by atoms with E-state index < -0.39 is 0 Å². The zero-order chi connectivity index (χ0) is 53.4. The molecule has 7 nitrogen and oxygen atoms in total. The Labute approximate surface area is 466 Å². The van der Waals surface area contributed by atoms with Crippen molar-refractivity contribution in [1.29, 1.82) is 0 Å². The van der Waals surface area contributed by atoms with E-state index in [2.05, 4.69) is 275 Å². The third kappa shape index (κ3) is 7.74. The summed E-state index contributed by atoms with van der Waals surface area (Å²) < 4.78 is 7.23. The predicted octanol–water partition coefficient (Wildman–Crippen LogP) is 18.6. The third-order valence-electron chi connectivity index (χ3n) is 15.9. The Kier molecular flexibility index (Phi) is 10.7. The number of hydrogen-bond donors (Lipinski definition) is 0. The fraction of sp³-hybridized carbons (Fsp3) is 0. The molecule has 0 N–H and O–H groups in total. The lowest BCUT2D eigenvalue weighted by Crippen LogP contribution is -2.03. The highest BCUT2D eigenvalue weighted by Gasteiger charge is 2.24. The van der Waals surface area contributed by atoms with Crippen molar-refractivity contribution in [2.24, 2.45) is 0 Å². The smallest absolute Gasteiger partial charge is 0.162 e. The summed E-state index contributed by atoms with van der Waals surface area (Å²) in [7, 11) is 0. The predicted molar refractivity (Wildman–Crippen MR) is 333 cm³/mol. The van der Waals surface area contributed by atoms with Gasteiger partial charge in [0.2, 0.25) is 0 Å². The van der Waals surface area contributed by atoms with Crippen LogP contribution in [-0.4, -0.2) is 33.6 Å². The zero-order valence-corrected chi connectivity index (χ0v) is 43.8. The second kappa shape index (κ2) is 18.9. The number of fused-ring (bicyclic) bond motifs is 9. The molecule has 81 heavy (non-hydrogen) atoms. The first kappa shape index (κ1) is 46.1. The largest absolute Gasteiger partial charge is 0.309 e. The minimum Gasteiger partial charge on any atom is -0.309 e. The maximum atomic E-state index is 5.53. The summed E-state index contributed by atoms with van der Waals surface area (Å²) in [6, 6.07) is 101. The van der Waals surface area contributed by atoms with Crippen LogP contribution < -0.4 is 0 Å². The van der Waals surface area contributed by atoms with Crippen LogP contribution in [0.1, 0.15) is 0 Å². The van der Waals surface area contributed by atoms with E-state index in [1.165, 1.54) is 21.5 Å². The SMILES string of the molecule is c1ccc(-c2cc(-c3ccccc3)nc(-c3ccc(-n4c5ccc(-n6c7ccccc7c7ccccc76)cc5c5cc(-n6c7ccccc7c7ccccc76)ccc54)c(-c4nc(-c5ccccc5)cc(-c5ccccc5)n4)c3)n2)cc1. The molecule has 0 amide bonds. The number of nitrogens with zero attached hydrogens (tertiary/aromatic N) is 7. The van der Waals surface area contributed by atoms with E-state index in [0.717, 1.165) is 117 Å². The Balaban J connectivity index is 0.998. The fourth-order valence-corrected chi connectivity index (χ4v) is 12.2. The second-order valence-corrected chi connectivity index (χ2v) is 20.6. The van der Waals surface area contributed by atoms with Crippen molar-refractivity contribution in [3.8, 4) is 84.9 Å². The zero-order valence-electron chi connectivity index (χ0n) is 43.8. The molecule has 16 rings (SSSR count). The van der Waals surface area contributed by atoms with Gasteiger partial charge in [0.25, 0.3) is 0 Å². The monoisotopic (exact) mass is 1030 g/mol. The van der Waals surface area contributed by atoms with Gasteiger partial charge in [-0.1, -0.05) is 194 Å². The van der Waals surface area contributed by atoms with Crippen molar-refractivity contribution < 1.29 is 0 Å². The molecular formula is C74H47N7. The molecule has 5 aromatic heterocycles. The van der Waals surface area contributed by atoms with Crippen molar-refractivity contribution in [1.82, 2.24) is 33.6 Å². The van der Waals surface area contributed by atoms with Gasteiger partial charge in [-0.25, -0.2) is 19.9 Å². The van der Waals surface area contributed by atoms with E-state index in [0.29, 0.717) is 11.6 Å². The maximum Gasteiger partial charge on any atom is 0.162 e. The minimum absolute atomic E-state index is 0.577. The van der Waals surface area contributed by atoms with Gasteiger partial charge in [0.1, 0.15) is 0 Å². The number of para-hydroxylation sites is 4. The molecule has 0 fully saturated rings. The Morgan fingerprint density at radius 3 is 0.901 bits per heavy atom. The van der Waals surface area contributed by atoms with E-state index in [9.17, 15) is 0 Å². The Hall–Kier alpha value is -11.0. The lowest BCUT2D eigenvalue weighted by atomic mass is 10.0. The van der Waals surface area contributed by atoms with Gasteiger partial charge in [-0.15, -0.1) is 0 Å². The highest BCUT2D eigenvalue weighted by atomic mass is 15.0. The minimum atomic E-state index is 0.577. The van der Waals surface area contributed by atoms with Crippen molar-refractivity contribution >= 4 is 65.4 Å². The van der Waals surface area contributed by atoms with E-state index >= 15 is 0 Å². The summed E-state index contributed by atoms with van der Waals surface area (Å²) >= 11 is 0. The standard InChI is InChI=1S/C74H47N7/c1-5-21-48(22-6-1)62-46-63(49-23-7-2-8-24-49)76-73(75-62)52-37-40-72(61(43-52)74-77-64(50-25-9-3-10-26-50)47-65(78-74)51-27-11-4-12-28-51)81-70-41-38-53(79-66-33-17-13-29-55(66)56-30-14-18-34-67(56)79)44-59(70)60-45-54(39-42-71(60)81)80-68-35-19-15-31-57(68)58-32-16-20-36-69(58)80/h1-47H. The molecule has 0 aliphatic carbocycles.